The molecule has 1 N–H and O–H groups in total. The summed E-state index contributed by atoms with van der Waals surface area (Å²) in [5.41, 5.74) is 2.16. The van der Waals surface area contributed by atoms with Crippen LogP contribution in [0.15, 0.2) is 75.7 Å². The lowest BCUT2D eigenvalue weighted by molar-refractivity contribution is -0.139. The molecule has 0 spiro atoms. The fraction of sp³-hybridized carbons (Fsp3) is 0.174. The van der Waals surface area contributed by atoms with Gasteiger partial charge in [-0.05, 0) is 43.2 Å². The number of thiazole rings is 1. The quantitative estimate of drug-likeness (QED) is 0.658. The van der Waals surface area contributed by atoms with E-state index in [1.807, 2.05) is 36.4 Å². The molecule has 2 aromatic carbocycles. The second-order valence-electron chi connectivity index (χ2n) is 6.81. The molecule has 0 aliphatic carbocycles. The van der Waals surface area contributed by atoms with Crippen LogP contribution in [0.1, 0.15) is 31.0 Å². The summed E-state index contributed by atoms with van der Waals surface area (Å²) in [6, 6.07) is 15.5. The molecular formula is C23H20N2O4S. The average Bonchev–Trinajstić information content (AvgIpc) is 3.02. The van der Waals surface area contributed by atoms with Gasteiger partial charge in [0.25, 0.3) is 5.56 Å². The van der Waals surface area contributed by atoms with Crippen LogP contribution in [0, 0.1) is 0 Å². The standard InChI is InChI=1S/C23H20N2O4S/c1-3-29-22(28)19-14(2)24-23-25(20(19)16-9-5-4-6-10-16)21(27)18(30-23)13-15-8-7-11-17(26)12-15/h4-13,20,26H,3H2,1-2H3/b18-13-. The van der Waals surface area contributed by atoms with Crippen molar-refractivity contribution < 1.29 is 14.6 Å². The Kier molecular flexibility index (Phi) is 5.37. The van der Waals surface area contributed by atoms with Crippen LogP contribution in [-0.4, -0.2) is 22.2 Å². The number of esters is 1. The molecule has 3 aromatic rings. The number of fused-ring (bicyclic) bond motifs is 1. The van der Waals surface area contributed by atoms with Crippen LogP contribution in [0.3, 0.4) is 0 Å². The van der Waals surface area contributed by atoms with Gasteiger partial charge in [0.15, 0.2) is 4.80 Å². The van der Waals surface area contributed by atoms with Crippen molar-refractivity contribution in [2.24, 2.45) is 4.99 Å². The molecule has 2 heterocycles. The summed E-state index contributed by atoms with van der Waals surface area (Å²) in [7, 11) is 0. The number of hydrogen-bond acceptors (Lipinski definition) is 6. The maximum Gasteiger partial charge on any atom is 0.338 e. The van der Waals surface area contributed by atoms with Gasteiger partial charge in [0.05, 0.1) is 28.5 Å². The second kappa shape index (κ2) is 8.12. The summed E-state index contributed by atoms with van der Waals surface area (Å²) in [6.45, 7) is 3.74. The van der Waals surface area contributed by atoms with E-state index in [-0.39, 0.29) is 17.9 Å². The zero-order valence-corrected chi connectivity index (χ0v) is 17.3. The van der Waals surface area contributed by atoms with Crippen molar-refractivity contribution in [1.82, 2.24) is 4.57 Å². The predicted octanol–water partition coefficient (Wildman–Crippen LogP) is 2.50. The monoisotopic (exact) mass is 420 g/mol. The fourth-order valence-electron chi connectivity index (χ4n) is 3.51. The number of carbonyl (C=O) groups is 1. The largest absolute Gasteiger partial charge is 0.508 e. The molecule has 1 atom stereocenters. The summed E-state index contributed by atoms with van der Waals surface area (Å²) in [5, 5.41) is 9.72. The highest BCUT2D eigenvalue weighted by Crippen LogP contribution is 2.30. The Balaban J connectivity index is 1.96. The Labute approximate surface area is 176 Å². The highest BCUT2D eigenvalue weighted by Gasteiger charge is 2.33. The van der Waals surface area contributed by atoms with E-state index in [9.17, 15) is 14.7 Å². The lowest BCUT2D eigenvalue weighted by Gasteiger charge is -2.24. The highest BCUT2D eigenvalue weighted by atomic mass is 32.1. The van der Waals surface area contributed by atoms with E-state index in [1.54, 1.807) is 42.7 Å². The van der Waals surface area contributed by atoms with Gasteiger partial charge in [-0.25, -0.2) is 9.79 Å². The van der Waals surface area contributed by atoms with Gasteiger partial charge in [-0.2, -0.15) is 0 Å². The van der Waals surface area contributed by atoms with E-state index in [4.69, 9.17) is 4.74 Å². The number of allylic oxidation sites excluding steroid dienone is 1. The minimum atomic E-state index is -0.618. The number of nitrogens with zero attached hydrogens (tertiary/aromatic N) is 2. The molecule has 0 radical (unpaired) electrons. The molecule has 1 aliphatic rings. The zero-order chi connectivity index (χ0) is 21.3. The summed E-state index contributed by atoms with van der Waals surface area (Å²) in [4.78, 5) is 31.2. The van der Waals surface area contributed by atoms with E-state index in [0.717, 1.165) is 5.56 Å². The SMILES string of the molecule is CCOC(=O)C1=C(C)N=c2s/c(=C\c3cccc(O)c3)c(=O)n2C1c1ccccc1. The summed E-state index contributed by atoms with van der Waals surface area (Å²) < 4.78 is 7.29. The number of carbonyl (C=O) groups excluding carboxylic acids is 1. The van der Waals surface area contributed by atoms with Crippen molar-refractivity contribution in [1.29, 1.82) is 0 Å². The number of aromatic hydroxyl groups is 1. The third-order valence-corrected chi connectivity index (χ3v) is 5.78. The van der Waals surface area contributed by atoms with Crippen LogP contribution in [0.5, 0.6) is 5.75 Å². The number of aromatic nitrogens is 1. The molecular weight excluding hydrogens is 400 g/mol. The van der Waals surface area contributed by atoms with Crippen LogP contribution in [-0.2, 0) is 9.53 Å². The second-order valence-corrected chi connectivity index (χ2v) is 7.82. The van der Waals surface area contributed by atoms with Gasteiger partial charge in [-0.1, -0.05) is 53.8 Å². The van der Waals surface area contributed by atoms with Crippen molar-refractivity contribution in [3.63, 3.8) is 0 Å². The van der Waals surface area contributed by atoms with Crippen molar-refractivity contribution in [2.45, 2.75) is 19.9 Å². The van der Waals surface area contributed by atoms with Crippen LogP contribution in [0.25, 0.3) is 6.08 Å². The first kappa shape index (κ1) is 19.8. The normalized spacial score (nSPS) is 16.2. The van der Waals surface area contributed by atoms with Gasteiger partial charge in [-0.15, -0.1) is 0 Å². The molecule has 0 fully saturated rings. The predicted molar refractivity (Wildman–Crippen MR) is 115 cm³/mol. The van der Waals surface area contributed by atoms with E-state index in [0.29, 0.717) is 26.2 Å². The first-order valence-corrected chi connectivity index (χ1v) is 10.3. The van der Waals surface area contributed by atoms with E-state index in [2.05, 4.69) is 4.99 Å². The Hall–Kier alpha value is -3.45. The Morgan fingerprint density at radius 2 is 2.00 bits per heavy atom. The zero-order valence-electron chi connectivity index (χ0n) is 16.5. The molecule has 7 heteroatoms. The van der Waals surface area contributed by atoms with Gasteiger partial charge in [0.1, 0.15) is 5.75 Å². The number of phenolic OH excluding ortho intramolecular Hbond substituents is 1. The average molecular weight is 420 g/mol. The first-order chi connectivity index (χ1) is 14.5. The van der Waals surface area contributed by atoms with E-state index < -0.39 is 12.0 Å². The highest BCUT2D eigenvalue weighted by molar-refractivity contribution is 7.07. The molecule has 1 aliphatic heterocycles. The third kappa shape index (κ3) is 3.59. The molecule has 0 bridgehead atoms. The molecule has 30 heavy (non-hydrogen) atoms. The molecule has 4 rings (SSSR count). The molecule has 152 valence electrons. The molecule has 1 aromatic heterocycles. The molecule has 1 unspecified atom stereocenters. The minimum absolute atomic E-state index is 0.124. The fourth-order valence-corrected chi connectivity index (χ4v) is 4.55. The van der Waals surface area contributed by atoms with Crippen LogP contribution >= 0.6 is 11.3 Å². The lowest BCUT2D eigenvalue weighted by atomic mass is 9.96. The maximum atomic E-state index is 13.4. The molecule has 6 nitrogen and oxygen atoms in total. The van der Waals surface area contributed by atoms with Crippen LogP contribution in [0.4, 0.5) is 0 Å². The molecule has 0 saturated heterocycles. The van der Waals surface area contributed by atoms with Gasteiger partial charge in [0.2, 0.25) is 0 Å². The van der Waals surface area contributed by atoms with Gasteiger partial charge < -0.3 is 9.84 Å². The van der Waals surface area contributed by atoms with Gasteiger partial charge in [0, 0.05) is 0 Å². The summed E-state index contributed by atoms with van der Waals surface area (Å²) in [5.74, 6) is -0.353. The van der Waals surface area contributed by atoms with Crippen LogP contribution in [0.2, 0.25) is 0 Å². The van der Waals surface area contributed by atoms with Crippen molar-refractivity contribution in [2.75, 3.05) is 6.61 Å². The lowest BCUT2D eigenvalue weighted by Crippen LogP contribution is -2.39. The van der Waals surface area contributed by atoms with Crippen molar-refractivity contribution in [3.05, 3.63) is 96.7 Å². The molecule has 0 saturated carbocycles. The first-order valence-electron chi connectivity index (χ1n) is 9.53. The number of hydrogen-bond donors (Lipinski definition) is 1. The van der Waals surface area contributed by atoms with Crippen molar-refractivity contribution in [3.8, 4) is 5.75 Å². The Morgan fingerprint density at radius 3 is 2.70 bits per heavy atom. The summed E-state index contributed by atoms with van der Waals surface area (Å²) in [6.07, 6.45) is 1.72. The Morgan fingerprint density at radius 1 is 1.23 bits per heavy atom. The minimum Gasteiger partial charge on any atom is -0.508 e. The topological polar surface area (TPSA) is 80.9 Å². The third-order valence-electron chi connectivity index (χ3n) is 4.80. The van der Waals surface area contributed by atoms with Crippen molar-refractivity contribution >= 4 is 23.4 Å². The van der Waals surface area contributed by atoms with E-state index in [1.165, 1.54) is 11.3 Å². The number of phenols is 1. The van der Waals surface area contributed by atoms with Gasteiger partial charge in [-0.3, -0.25) is 9.36 Å². The smallest absolute Gasteiger partial charge is 0.338 e. The van der Waals surface area contributed by atoms with E-state index >= 15 is 0 Å². The maximum absolute atomic E-state index is 13.4. The summed E-state index contributed by atoms with van der Waals surface area (Å²) >= 11 is 1.25. The van der Waals surface area contributed by atoms with Crippen LogP contribution < -0.4 is 14.9 Å². The number of benzene rings is 2. The Bertz CT molecular complexity index is 1320. The van der Waals surface area contributed by atoms with Gasteiger partial charge >= 0.3 is 5.97 Å². The molecule has 0 amide bonds. The number of rotatable bonds is 4. The number of ether oxygens (including phenoxy) is 1.